The molecule has 0 atom stereocenters. The second-order valence-corrected chi connectivity index (χ2v) is 7.32. The average molecular weight is 740 g/mol. The maximum atomic E-state index is 11.0. The molecule has 0 saturated heterocycles. The van der Waals surface area contributed by atoms with Crippen LogP contribution in [-0.2, 0) is 86.1 Å². The number of carboxylic acids is 6. The van der Waals surface area contributed by atoms with Crippen molar-refractivity contribution < 1.29 is 117 Å². The summed E-state index contributed by atoms with van der Waals surface area (Å²) in [5, 5.41) is 48.4. The van der Waals surface area contributed by atoms with Gasteiger partial charge >= 0.3 is 83.6 Å². The minimum atomic E-state index is -1.43. The molecule has 0 radical (unpaired) electrons. The first-order valence-electron chi connectivity index (χ1n) is 12.2. The van der Waals surface area contributed by atoms with Gasteiger partial charge in [-0.3, -0.25) is 0 Å². The van der Waals surface area contributed by atoms with Gasteiger partial charge in [0.25, 0.3) is 0 Å². The molecule has 24 nitrogen and oxygen atoms in total. The lowest BCUT2D eigenvalue weighted by Gasteiger charge is -1.95. The topological polar surface area (TPSA) is 397 Å². The van der Waals surface area contributed by atoms with Crippen molar-refractivity contribution in [1.82, 2.24) is 0 Å². The second kappa shape index (κ2) is 27.7. The molecule has 0 rings (SSSR count). The minimum absolute atomic E-state index is 0.432. The first-order valence-corrected chi connectivity index (χ1v) is 12.2. The van der Waals surface area contributed by atoms with Crippen molar-refractivity contribution in [3.63, 3.8) is 0 Å². The predicted octanol–water partition coefficient (Wildman–Crippen LogP) is -2.36. The van der Waals surface area contributed by atoms with Gasteiger partial charge in [-0.25, -0.2) is 67.1 Å². The normalized spacial score (nSPS) is 10.5. The molecule has 0 aromatic rings. The molecule has 0 aromatic heterocycles. The summed E-state index contributed by atoms with van der Waals surface area (Å²) in [6.45, 7) is 0. The third-order valence-electron chi connectivity index (χ3n) is 3.33. The highest BCUT2D eigenvalue weighted by Crippen LogP contribution is 1.92. The van der Waals surface area contributed by atoms with Crippen molar-refractivity contribution in [1.29, 1.82) is 0 Å². The van der Waals surface area contributed by atoms with Crippen LogP contribution < -0.4 is 0 Å². The first-order chi connectivity index (χ1) is 24.0. The van der Waals surface area contributed by atoms with E-state index in [1.54, 1.807) is 0 Å². The molecule has 52 heavy (non-hydrogen) atoms. The number of rotatable bonds is 14. The maximum absolute atomic E-state index is 11.0. The van der Waals surface area contributed by atoms with E-state index in [4.69, 9.17) is 30.6 Å². The monoisotopic (exact) mass is 740 g/mol. The largest absolute Gasteiger partial charge is 0.478 e. The molecule has 0 bridgehead atoms. The fourth-order valence-electron chi connectivity index (χ4n) is 1.64. The van der Waals surface area contributed by atoms with Gasteiger partial charge in [-0.2, -0.15) is 0 Å². The van der Waals surface area contributed by atoms with E-state index in [1.807, 2.05) is 0 Å². The van der Waals surface area contributed by atoms with Gasteiger partial charge in [-0.15, -0.1) is 0 Å². The summed E-state index contributed by atoms with van der Waals surface area (Å²) >= 11 is 0. The van der Waals surface area contributed by atoms with Crippen molar-refractivity contribution in [2.24, 2.45) is 0 Å². The van der Waals surface area contributed by atoms with Gasteiger partial charge in [0, 0.05) is 85.1 Å². The van der Waals surface area contributed by atoms with Crippen LogP contribution in [-0.4, -0.2) is 114 Å². The van der Waals surface area contributed by atoms with Gasteiger partial charge in [-0.1, -0.05) is 0 Å². The Hall–Kier alpha value is -8.44. The lowest BCUT2D eigenvalue weighted by Crippen LogP contribution is -2.11. The number of ether oxygens (including phenoxy) is 4. The summed E-state index contributed by atoms with van der Waals surface area (Å²) < 4.78 is 16.1. The zero-order valence-corrected chi connectivity index (χ0v) is 25.1. The average Bonchev–Trinajstić information content (AvgIpc) is 3.02. The quantitative estimate of drug-likeness (QED) is 0.0469. The van der Waals surface area contributed by atoms with Crippen molar-refractivity contribution in [3.05, 3.63) is 85.1 Å². The van der Waals surface area contributed by atoms with Crippen LogP contribution in [0.3, 0.4) is 0 Å². The molecule has 0 aromatic carbocycles. The van der Waals surface area contributed by atoms with E-state index < -0.39 is 83.6 Å². The van der Waals surface area contributed by atoms with Gasteiger partial charge in [0.2, 0.25) is 0 Å². The fourth-order valence-corrected chi connectivity index (χ4v) is 1.64. The Balaban J connectivity index is -0.000000764. The molecule has 24 heteroatoms. The van der Waals surface area contributed by atoms with Gasteiger partial charge in [0.05, 0.1) is 0 Å². The van der Waals surface area contributed by atoms with Crippen molar-refractivity contribution in [2.45, 2.75) is 0 Å². The highest BCUT2D eigenvalue weighted by atomic mass is 16.6. The zero-order chi connectivity index (χ0) is 40.8. The Bertz CT molecular complexity index is 1450. The van der Waals surface area contributed by atoms with Gasteiger partial charge in [0.1, 0.15) is 0 Å². The van der Waals surface area contributed by atoms with Gasteiger partial charge in [0.15, 0.2) is 0 Å². The van der Waals surface area contributed by atoms with E-state index in [-0.39, 0.29) is 0 Å². The minimum Gasteiger partial charge on any atom is -0.478 e. The summed E-state index contributed by atoms with van der Waals surface area (Å²) in [5.74, 6) is -18.7. The van der Waals surface area contributed by atoms with E-state index in [1.165, 1.54) is 0 Å². The molecular weight excluding hydrogens is 720 g/mol. The summed E-state index contributed by atoms with van der Waals surface area (Å²) in [6, 6.07) is 0. The van der Waals surface area contributed by atoms with Crippen LogP contribution in [0.5, 0.6) is 0 Å². The number of carboxylic acid groups (broad SMARTS) is 6. The summed E-state index contributed by atoms with van der Waals surface area (Å²) in [4.78, 5) is 147. The van der Waals surface area contributed by atoms with E-state index in [9.17, 15) is 67.1 Å². The molecule has 276 valence electrons. The Kier molecular flexibility index (Phi) is 25.5. The molecule has 6 N–H and O–H groups in total. The van der Waals surface area contributed by atoms with Crippen molar-refractivity contribution >= 4 is 83.6 Å². The molecule has 0 amide bonds. The summed E-state index contributed by atoms with van der Waals surface area (Å²) in [7, 11) is 0. The van der Waals surface area contributed by atoms with E-state index >= 15 is 0 Å². The standard InChI is InChI=1S/2C12H8O10.C4H4O4/c2*13-7(14)1-3-9(17)21-11(19)5-6-12(20)22-10(18)4-2-8(15)16;5-3(6)1-2-4(7)8/h2*1-6H,(H,13,14)(H,15,16);1-2H,(H,5,6)(H,7,8)/b2*3-1+,4-2+,6-5+;2-1+. The zero-order valence-electron chi connectivity index (χ0n) is 25.1. The summed E-state index contributed by atoms with van der Waals surface area (Å²) in [5.41, 5.74) is 0. The third-order valence-corrected chi connectivity index (χ3v) is 3.33. The van der Waals surface area contributed by atoms with Gasteiger partial charge < -0.3 is 49.6 Å². The van der Waals surface area contributed by atoms with Crippen LogP contribution in [0.25, 0.3) is 0 Å². The molecule has 0 unspecified atom stereocenters. The smallest absolute Gasteiger partial charge is 0.338 e. The van der Waals surface area contributed by atoms with Crippen LogP contribution in [0.15, 0.2) is 85.1 Å². The fraction of sp³-hybridized carbons (Fsp3) is 0. The van der Waals surface area contributed by atoms with Crippen LogP contribution in [0.1, 0.15) is 0 Å². The number of hydrogen-bond donors (Lipinski definition) is 6. The molecule has 0 heterocycles. The third kappa shape index (κ3) is 37.7. The Morgan fingerprint density at radius 3 is 0.423 bits per heavy atom. The predicted molar refractivity (Wildman–Crippen MR) is 154 cm³/mol. The van der Waals surface area contributed by atoms with Crippen molar-refractivity contribution in [2.75, 3.05) is 0 Å². The molecule has 0 aliphatic heterocycles. The SMILES string of the molecule is O=C(O)/C=C/C(=O)O.O=C(O)/C=C/C(=O)OC(=O)/C=C/C(=O)OC(=O)/C=C/C(=O)O.O=C(O)/C=C/C(=O)OC(=O)/C=C/C(=O)OC(=O)/C=C/C(=O)O. The molecular formula is C28H20O24. The van der Waals surface area contributed by atoms with Crippen molar-refractivity contribution in [3.8, 4) is 0 Å². The highest BCUT2D eigenvalue weighted by Gasteiger charge is 2.10. The Morgan fingerprint density at radius 2 is 0.308 bits per heavy atom. The molecule has 0 aliphatic rings. The van der Waals surface area contributed by atoms with E-state index in [0.717, 1.165) is 0 Å². The van der Waals surface area contributed by atoms with Crippen LogP contribution in [0.2, 0.25) is 0 Å². The second-order valence-electron chi connectivity index (χ2n) is 7.32. The Morgan fingerprint density at radius 1 is 0.212 bits per heavy atom. The number of hydrogen-bond acceptors (Lipinski definition) is 18. The lowest BCUT2D eigenvalue weighted by atomic mass is 10.4. The number of esters is 8. The summed E-state index contributed by atoms with van der Waals surface area (Å²) in [6.07, 6.45) is 6.49. The first kappa shape index (κ1) is 48.0. The van der Waals surface area contributed by atoms with E-state index in [0.29, 0.717) is 85.1 Å². The van der Waals surface area contributed by atoms with Gasteiger partial charge in [-0.05, 0) is 0 Å². The molecule has 0 saturated carbocycles. The molecule has 0 aliphatic carbocycles. The van der Waals surface area contributed by atoms with Crippen LogP contribution in [0.4, 0.5) is 0 Å². The number of aliphatic carboxylic acids is 6. The number of carbonyl (C=O) groups is 14. The Labute approximate surface area is 285 Å². The molecule has 0 fully saturated rings. The van der Waals surface area contributed by atoms with Crippen LogP contribution in [0, 0.1) is 0 Å². The lowest BCUT2D eigenvalue weighted by molar-refractivity contribution is -0.155. The number of carbonyl (C=O) groups excluding carboxylic acids is 8. The highest BCUT2D eigenvalue weighted by molar-refractivity contribution is 6.04. The molecule has 0 spiro atoms. The van der Waals surface area contributed by atoms with Crippen LogP contribution >= 0.6 is 0 Å². The maximum Gasteiger partial charge on any atom is 0.338 e. The van der Waals surface area contributed by atoms with E-state index in [2.05, 4.69) is 18.9 Å².